The number of hydrogen-bond donors (Lipinski definition) is 1. The minimum absolute atomic E-state index is 0.125. The highest BCUT2D eigenvalue weighted by molar-refractivity contribution is 5.68. The molecule has 1 aliphatic carbocycles. The normalized spacial score (nSPS) is 14.5. The lowest BCUT2D eigenvalue weighted by Gasteiger charge is -2.21. The van der Waals surface area contributed by atoms with Gasteiger partial charge >= 0.3 is 5.97 Å². The topological polar surface area (TPSA) is 75.6 Å². The molecule has 4 rings (SSSR count). The molecule has 0 amide bonds. The van der Waals surface area contributed by atoms with Gasteiger partial charge in [-0.3, -0.25) is 4.79 Å². The minimum Gasteiger partial charge on any atom is -0.494 e. The van der Waals surface area contributed by atoms with E-state index in [0.29, 0.717) is 6.61 Å². The Morgan fingerprint density at radius 3 is 2.74 bits per heavy atom. The van der Waals surface area contributed by atoms with Gasteiger partial charge in [-0.15, -0.1) is 0 Å². The second-order valence-electron chi connectivity index (χ2n) is 9.46. The van der Waals surface area contributed by atoms with Gasteiger partial charge < -0.3 is 14.7 Å². The number of aryl methyl sites for hydroxylation is 3. The first-order valence-electron chi connectivity index (χ1n) is 12.6. The van der Waals surface area contributed by atoms with Crippen LogP contribution < -0.4 is 9.64 Å². The number of carboxylic acid groups (broad SMARTS) is 1. The largest absolute Gasteiger partial charge is 0.494 e. The molecule has 184 valence electrons. The SMILES string of the molecule is CCCc1ccc(-c2ncc(C)c(N(C)CCCOc3ccc4c(c3)CC[C@H]4CC(=O)O)n2)cc1. The minimum atomic E-state index is -0.733. The smallest absolute Gasteiger partial charge is 0.303 e. The van der Waals surface area contributed by atoms with Gasteiger partial charge in [0.2, 0.25) is 0 Å². The second-order valence-corrected chi connectivity index (χ2v) is 9.46. The van der Waals surface area contributed by atoms with Crippen LogP contribution in [0.5, 0.6) is 5.75 Å². The number of benzene rings is 2. The molecule has 1 atom stereocenters. The lowest BCUT2D eigenvalue weighted by Crippen LogP contribution is -2.22. The molecule has 0 spiro atoms. The van der Waals surface area contributed by atoms with Crippen LogP contribution in [0.1, 0.15) is 60.8 Å². The lowest BCUT2D eigenvalue weighted by atomic mass is 9.98. The van der Waals surface area contributed by atoms with Crippen molar-refractivity contribution >= 4 is 11.8 Å². The van der Waals surface area contributed by atoms with Crippen LogP contribution in [0.4, 0.5) is 5.82 Å². The summed E-state index contributed by atoms with van der Waals surface area (Å²) in [4.78, 5) is 22.6. The zero-order valence-electron chi connectivity index (χ0n) is 21.0. The number of carboxylic acids is 1. The summed E-state index contributed by atoms with van der Waals surface area (Å²) in [7, 11) is 2.06. The Morgan fingerprint density at radius 1 is 1.20 bits per heavy atom. The molecule has 0 saturated heterocycles. The van der Waals surface area contributed by atoms with Crippen LogP contribution in [0, 0.1) is 6.92 Å². The van der Waals surface area contributed by atoms with Gasteiger partial charge in [-0.1, -0.05) is 43.7 Å². The molecular weight excluding hydrogens is 438 g/mol. The number of aromatic nitrogens is 2. The quantitative estimate of drug-likeness (QED) is 0.354. The van der Waals surface area contributed by atoms with Gasteiger partial charge in [0.05, 0.1) is 13.0 Å². The van der Waals surface area contributed by atoms with Crippen LogP contribution in [0.3, 0.4) is 0 Å². The van der Waals surface area contributed by atoms with E-state index in [0.717, 1.165) is 72.7 Å². The number of nitrogens with zero attached hydrogens (tertiary/aromatic N) is 3. The Morgan fingerprint density at radius 2 is 2.00 bits per heavy atom. The van der Waals surface area contributed by atoms with Crippen molar-refractivity contribution in [2.75, 3.05) is 25.1 Å². The van der Waals surface area contributed by atoms with Gasteiger partial charge in [-0.05, 0) is 67.3 Å². The molecule has 35 heavy (non-hydrogen) atoms. The number of carbonyl (C=O) groups is 1. The third kappa shape index (κ3) is 6.18. The van der Waals surface area contributed by atoms with Gasteiger partial charge in [0.1, 0.15) is 11.6 Å². The van der Waals surface area contributed by atoms with Crippen molar-refractivity contribution in [1.29, 1.82) is 0 Å². The highest BCUT2D eigenvalue weighted by atomic mass is 16.5. The second kappa shape index (κ2) is 11.3. The predicted octanol–water partition coefficient (Wildman–Crippen LogP) is 5.81. The maximum Gasteiger partial charge on any atom is 0.303 e. The highest BCUT2D eigenvalue weighted by Crippen LogP contribution is 2.37. The van der Waals surface area contributed by atoms with Crippen molar-refractivity contribution in [1.82, 2.24) is 9.97 Å². The molecule has 1 N–H and O–H groups in total. The summed E-state index contributed by atoms with van der Waals surface area (Å²) >= 11 is 0. The van der Waals surface area contributed by atoms with E-state index in [-0.39, 0.29) is 12.3 Å². The van der Waals surface area contributed by atoms with E-state index in [4.69, 9.17) is 14.8 Å². The number of hydrogen-bond acceptors (Lipinski definition) is 5. The Balaban J connectivity index is 1.31. The van der Waals surface area contributed by atoms with E-state index in [1.165, 1.54) is 11.1 Å². The molecule has 0 fully saturated rings. The maximum atomic E-state index is 11.1. The lowest BCUT2D eigenvalue weighted by molar-refractivity contribution is -0.137. The Bertz CT molecular complexity index is 1160. The molecule has 2 aromatic carbocycles. The fourth-order valence-electron chi connectivity index (χ4n) is 4.86. The maximum absolute atomic E-state index is 11.1. The van der Waals surface area contributed by atoms with E-state index >= 15 is 0 Å². The molecule has 1 aromatic heterocycles. The standard InChI is InChI=1S/C29H35N3O3/c1-4-6-21-7-9-22(10-8-21)28-30-19-20(2)29(31-28)32(3)15-5-16-35-25-13-14-26-23(17-25)11-12-24(26)18-27(33)34/h7-10,13-14,17,19,24H,4-6,11-12,15-16,18H2,1-3H3,(H,33,34)/t24-/m0/s1. The summed E-state index contributed by atoms with van der Waals surface area (Å²) < 4.78 is 6.01. The fourth-order valence-corrected chi connectivity index (χ4v) is 4.86. The molecule has 0 unspecified atom stereocenters. The van der Waals surface area contributed by atoms with Gasteiger partial charge in [-0.2, -0.15) is 0 Å². The van der Waals surface area contributed by atoms with Gasteiger partial charge in [0.25, 0.3) is 0 Å². The predicted molar refractivity (Wildman–Crippen MR) is 139 cm³/mol. The average Bonchev–Trinajstić information content (AvgIpc) is 3.24. The molecule has 1 heterocycles. The van der Waals surface area contributed by atoms with E-state index < -0.39 is 5.97 Å². The molecule has 0 radical (unpaired) electrons. The first-order valence-corrected chi connectivity index (χ1v) is 12.6. The van der Waals surface area contributed by atoms with E-state index in [1.54, 1.807) is 0 Å². The van der Waals surface area contributed by atoms with E-state index in [9.17, 15) is 4.79 Å². The number of ether oxygens (including phenoxy) is 1. The van der Waals surface area contributed by atoms with Gasteiger partial charge in [-0.25, -0.2) is 9.97 Å². The Hall–Kier alpha value is -3.41. The average molecular weight is 474 g/mol. The molecule has 6 nitrogen and oxygen atoms in total. The summed E-state index contributed by atoms with van der Waals surface area (Å²) in [5.74, 6) is 1.93. The van der Waals surface area contributed by atoms with Crippen molar-refractivity contribution in [2.24, 2.45) is 0 Å². The molecule has 1 aliphatic rings. The number of aliphatic carboxylic acids is 1. The summed E-state index contributed by atoms with van der Waals surface area (Å²) in [5, 5.41) is 9.11. The number of rotatable bonds is 11. The van der Waals surface area contributed by atoms with Crippen LogP contribution in [0.15, 0.2) is 48.7 Å². The summed E-state index contributed by atoms with van der Waals surface area (Å²) in [5.41, 5.74) is 5.80. The highest BCUT2D eigenvalue weighted by Gasteiger charge is 2.24. The van der Waals surface area contributed by atoms with Crippen LogP contribution >= 0.6 is 0 Å². The Labute approximate surface area is 208 Å². The van der Waals surface area contributed by atoms with Crippen molar-refractivity contribution in [3.8, 4) is 17.1 Å². The van der Waals surface area contributed by atoms with E-state index in [2.05, 4.69) is 54.2 Å². The first-order chi connectivity index (χ1) is 16.9. The Kier molecular flexibility index (Phi) is 8.01. The van der Waals surface area contributed by atoms with Gasteiger partial charge in [0.15, 0.2) is 5.82 Å². The summed E-state index contributed by atoms with van der Waals surface area (Å²) in [6, 6.07) is 14.6. The van der Waals surface area contributed by atoms with Crippen LogP contribution in [-0.4, -0.2) is 41.2 Å². The molecular formula is C29H35N3O3. The van der Waals surface area contributed by atoms with Crippen LogP contribution in [0.2, 0.25) is 0 Å². The molecule has 3 aromatic rings. The molecule has 0 bridgehead atoms. The van der Waals surface area contributed by atoms with Gasteiger partial charge in [0, 0.05) is 30.9 Å². The number of anilines is 1. The van der Waals surface area contributed by atoms with Crippen LogP contribution in [-0.2, 0) is 17.6 Å². The summed E-state index contributed by atoms with van der Waals surface area (Å²) in [6.07, 6.45) is 7.00. The third-order valence-corrected chi connectivity index (χ3v) is 6.70. The van der Waals surface area contributed by atoms with Crippen molar-refractivity contribution in [3.63, 3.8) is 0 Å². The zero-order chi connectivity index (χ0) is 24.8. The van der Waals surface area contributed by atoms with Crippen molar-refractivity contribution in [3.05, 3.63) is 70.9 Å². The monoisotopic (exact) mass is 473 g/mol. The van der Waals surface area contributed by atoms with Crippen LogP contribution in [0.25, 0.3) is 11.4 Å². The fraction of sp³-hybridized carbons (Fsp3) is 0.414. The van der Waals surface area contributed by atoms with E-state index in [1.807, 2.05) is 25.3 Å². The molecule has 0 aliphatic heterocycles. The third-order valence-electron chi connectivity index (χ3n) is 6.70. The number of fused-ring (bicyclic) bond motifs is 1. The first kappa shape index (κ1) is 24.7. The summed E-state index contributed by atoms with van der Waals surface area (Å²) in [6.45, 7) is 5.66. The van der Waals surface area contributed by atoms with Crippen molar-refractivity contribution < 1.29 is 14.6 Å². The molecule has 0 saturated carbocycles. The zero-order valence-corrected chi connectivity index (χ0v) is 21.0. The molecule has 6 heteroatoms. The van der Waals surface area contributed by atoms with Crippen molar-refractivity contribution in [2.45, 2.75) is 58.3 Å².